The van der Waals surface area contributed by atoms with Crippen molar-refractivity contribution in [3.8, 4) is 5.69 Å². The minimum atomic E-state index is -0.279. The van der Waals surface area contributed by atoms with Crippen molar-refractivity contribution in [3.63, 3.8) is 0 Å². The molecular formula is C23H22N4O2. The zero-order valence-electron chi connectivity index (χ0n) is 16.6. The second kappa shape index (κ2) is 7.39. The summed E-state index contributed by atoms with van der Waals surface area (Å²) >= 11 is 0. The lowest BCUT2D eigenvalue weighted by atomic mass is 10.1. The second-order valence-electron chi connectivity index (χ2n) is 7.10. The number of benzene rings is 2. The molecule has 4 rings (SSSR count). The maximum absolute atomic E-state index is 13.0. The smallest absolute Gasteiger partial charge is 0.252 e. The number of aromatic nitrogens is 3. The van der Waals surface area contributed by atoms with Gasteiger partial charge in [0, 0.05) is 29.8 Å². The molecule has 6 nitrogen and oxygen atoms in total. The Bertz CT molecular complexity index is 1260. The van der Waals surface area contributed by atoms with Crippen molar-refractivity contribution in [2.75, 3.05) is 0 Å². The van der Waals surface area contributed by atoms with Crippen LogP contribution in [0.4, 0.5) is 0 Å². The molecule has 1 amide bonds. The fourth-order valence-corrected chi connectivity index (χ4v) is 3.63. The molecular weight excluding hydrogens is 364 g/mol. The highest BCUT2D eigenvalue weighted by molar-refractivity contribution is 6.06. The summed E-state index contributed by atoms with van der Waals surface area (Å²) in [5, 5.41) is 8.24. The maximum atomic E-state index is 13.0. The molecule has 2 aromatic heterocycles. The van der Waals surface area contributed by atoms with Gasteiger partial charge in [-0.05, 0) is 32.0 Å². The highest BCUT2D eigenvalue weighted by atomic mass is 16.2. The van der Waals surface area contributed by atoms with Crippen molar-refractivity contribution in [1.82, 2.24) is 19.7 Å². The first kappa shape index (κ1) is 18.7. The Morgan fingerprint density at radius 3 is 2.52 bits per heavy atom. The van der Waals surface area contributed by atoms with Crippen LogP contribution in [0.25, 0.3) is 16.6 Å². The predicted molar refractivity (Wildman–Crippen MR) is 113 cm³/mol. The van der Waals surface area contributed by atoms with Crippen LogP contribution in [-0.2, 0) is 7.05 Å². The van der Waals surface area contributed by atoms with Gasteiger partial charge in [0.1, 0.15) is 0 Å². The number of fused-ring (bicyclic) bond motifs is 1. The zero-order valence-corrected chi connectivity index (χ0v) is 16.6. The average molecular weight is 386 g/mol. The lowest BCUT2D eigenvalue weighted by molar-refractivity contribution is 0.0941. The van der Waals surface area contributed by atoms with Gasteiger partial charge < -0.3 is 9.88 Å². The Labute approximate surface area is 168 Å². The first-order valence-corrected chi connectivity index (χ1v) is 9.47. The van der Waals surface area contributed by atoms with Crippen molar-refractivity contribution < 1.29 is 4.79 Å². The number of amides is 1. The molecule has 1 atom stereocenters. The molecule has 0 radical (unpaired) electrons. The molecule has 1 N–H and O–H groups in total. The number of carbonyl (C=O) groups is 1. The summed E-state index contributed by atoms with van der Waals surface area (Å²) in [5.41, 5.74) is 3.74. The van der Waals surface area contributed by atoms with Gasteiger partial charge in [0.25, 0.3) is 11.5 Å². The van der Waals surface area contributed by atoms with Crippen LogP contribution < -0.4 is 10.9 Å². The monoisotopic (exact) mass is 386 g/mol. The third kappa shape index (κ3) is 3.33. The van der Waals surface area contributed by atoms with Gasteiger partial charge in [0.05, 0.1) is 29.0 Å². The number of carbonyl (C=O) groups excluding carboxylic acids is 1. The summed E-state index contributed by atoms with van der Waals surface area (Å²) in [5.74, 6) is -0.279. The minimum Gasteiger partial charge on any atom is -0.345 e. The van der Waals surface area contributed by atoms with Crippen LogP contribution in [0.15, 0.2) is 71.7 Å². The molecule has 0 saturated carbocycles. The Morgan fingerprint density at radius 1 is 1.07 bits per heavy atom. The molecule has 0 aliphatic heterocycles. The molecule has 0 aliphatic rings. The van der Waals surface area contributed by atoms with E-state index in [-0.39, 0.29) is 17.5 Å². The minimum absolute atomic E-state index is 0.213. The number of nitrogens with zero attached hydrogens (tertiary/aromatic N) is 3. The molecule has 0 fully saturated rings. The number of rotatable bonds is 4. The fourth-order valence-electron chi connectivity index (χ4n) is 3.63. The van der Waals surface area contributed by atoms with Crippen LogP contribution >= 0.6 is 0 Å². The lowest BCUT2D eigenvalue weighted by Crippen LogP contribution is -2.29. The van der Waals surface area contributed by atoms with Gasteiger partial charge in [0.2, 0.25) is 0 Å². The standard InChI is InChI=1S/C23H22N4O2/c1-15(20-14-24-27(16(20)2)17-9-5-4-6-10-17)25-23(29)19-13-22(28)26(3)21-12-8-7-11-18(19)21/h4-15H,1-3H3,(H,25,29). The van der Waals surface area contributed by atoms with E-state index in [4.69, 9.17) is 0 Å². The number of para-hydroxylation sites is 2. The Hall–Kier alpha value is -3.67. The zero-order chi connectivity index (χ0) is 20.5. The summed E-state index contributed by atoms with van der Waals surface area (Å²) in [6.07, 6.45) is 1.77. The molecule has 0 aliphatic carbocycles. The number of pyridine rings is 1. The average Bonchev–Trinajstić information content (AvgIpc) is 3.12. The van der Waals surface area contributed by atoms with Gasteiger partial charge in [-0.1, -0.05) is 36.4 Å². The largest absolute Gasteiger partial charge is 0.345 e. The Morgan fingerprint density at radius 2 is 1.76 bits per heavy atom. The van der Waals surface area contributed by atoms with Crippen LogP contribution in [-0.4, -0.2) is 20.3 Å². The van der Waals surface area contributed by atoms with E-state index in [1.54, 1.807) is 17.8 Å². The van der Waals surface area contributed by atoms with E-state index in [2.05, 4.69) is 10.4 Å². The number of hydrogen-bond acceptors (Lipinski definition) is 3. The number of hydrogen-bond donors (Lipinski definition) is 1. The number of nitrogens with one attached hydrogen (secondary N) is 1. The van der Waals surface area contributed by atoms with Crippen LogP contribution in [0.3, 0.4) is 0 Å². The number of aryl methyl sites for hydroxylation is 1. The third-order valence-corrected chi connectivity index (χ3v) is 5.26. The van der Waals surface area contributed by atoms with Crippen LogP contribution in [0, 0.1) is 6.92 Å². The highest BCUT2D eigenvalue weighted by Crippen LogP contribution is 2.22. The van der Waals surface area contributed by atoms with Gasteiger partial charge in [-0.25, -0.2) is 4.68 Å². The molecule has 0 bridgehead atoms. The van der Waals surface area contributed by atoms with Crippen molar-refractivity contribution >= 4 is 16.8 Å². The fraction of sp³-hybridized carbons (Fsp3) is 0.174. The van der Waals surface area contributed by atoms with Gasteiger partial charge in [0.15, 0.2) is 0 Å². The van der Waals surface area contributed by atoms with E-state index in [0.29, 0.717) is 5.56 Å². The van der Waals surface area contributed by atoms with E-state index in [9.17, 15) is 9.59 Å². The molecule has 0 saturated heterocycles. The van der Waals surface area contributed by atoms with Crippen molar-refractivity contribution in [1.29, 1.82) is 0 Å². The van der Waals surface area contributed by atoms with E-state index >= 15 is 0 Å². The summed E-state index contributed by atoms with van der Waals surface area (Å²) in [4.78, 5) is 25.3. The third-order valence-electron chi connectivity index (χ3n) is 5.26. The van der Waals surface area contributed by atoms with Crippen LogP contribution in [0.2, 0.25) is 0 Å². The van der Waals surface area contributed by atoms with Gasteiger partial charge in [-0.2, -0.15) is 5.10 Å². The molecule has 29 heavy (non-hydrogen) atoms. The normalized spacial score (nSPS) is 12.1. The highest BCUT2D eigenvalue weighted by Gasteiger charge is 2.19. The topological polar surface area (TPSA) is 68.9 Å². The van der Waals surface area contributed by atoms with Crippen LogP contribution in [0.5, 0.6) is 0 Å². The molecule has 2 heterocycles. The van der Waals surface area contributed by atoms with E-state index < -0.39 is 0 Å². The summed E-state index contributed by atoms with van der Waals surface area (Å²) in [7, 11) is 1.70. The quantitative estimate of drug-likeness (QED) is 0.583. The lowest BCUT2D eigenvalue weighted by Gasteiger charge is -2.16. The molecule has 0 spiro atoms. The molecule has 1 unspecified atom stereocenters. The van der Waals surface area contributed by atoms with Gasteiger partial charge >= 0.3 is 0 Å². The molecule has 4 aromatic rings. The summed E-state index contributed by atoms with van der Waals surface area (Å²) in [6.45, 7) is 3.89. The summed E-state index contributed by atoms with van der Waals surface area (Å²) < 4.78 is 3.40. The van der Waals surface area contributed by atoms with E-state index in [1.165, 1.54) is 6.07 Å². The van der Waals surface area contributed by atoms with Crippen molar-refractivity contribution in [2.45, 2.75) is 19.9 Å². The predicted octanol–water partition coefficient (Wildman–Crippen LogP) is 3.52. The maximum Gasteiger partial charge on any atom is 0.252 e. The van der Waals surface area contributed by atoms with E-state index in [0.717, 1.165) is 27.8 Å². The first-order valence-electron chi connectivity index (χ1n) is 9.47. The molecule has 146 valence electrons. The molecule has 6 heteroatoms. The Kier molecular flexibility index (Phi) is 4.76. The van der Waals surface area contributed by atoms with Gasteiger partial charge in [-0.3, -0.25) is 9.59 Å². The first-order chi connectivity index (χ1) is 14.0. The van der Waals surface area contributed by atoms with Crippen LogP contribution in [0.1, 0.15) is 34.6 Å². The SMILES string of the molecule is Cc1c(C(C)NC(=O)c2cc(=O)n(C)c3ccccc23)cnn1-c1ccccc1. The van der Waals surface area contributed by atoms with E-state index in [1.807, 2.05) is 73.1 Å². The van der Waals surface area contributed by atoms with Crippen molar-refractivity contribution in [2.24, 2.45) is 7.05 Å². The van der Waals surface area contributed by atoms with Crippen molar-refractivity contribution in [3.05, 3.63) is 94.0 Å². The summed E-state index contributed by atoms with van der Waals surface area (Å²) in [6, 6.07) is 18.4. The Balaban J connectivity index is 1.65. The second-order valence-corrected chi connectivity index (χ2v) is 7.10. The molecule has 2 aromatic carbocycles. The van der Waals surface area contributed by atoms with Gasteiger partial charge in [-0.15, -0.1) is 0 Å².